The average Bonchev–Trinajstić information content (AvgIpc) is 3.04. The van der Waals surface area contributed by atoms with E-state index in [0.717, 1.165) is 22.0 Å². The van der Waals surface area contributed by atoms with Gasteiger partial charge in [0.25, 0.3) is 5.91 Å². The summed E-state index contributed by atoms with van der Waals surface area (Å²) in [5.74, 6) is 0.361. The number of carbonyl (C=O) groups is 2. The van der Waals surface area contributed by atoms with E-state index in [4.69, 9.17) is 19.2 Å². The number of benzene rings is 4. The van der Waals surface area contributed by atoms with Gasteiger partial charge in [-0.25, -0.2) is 15.2 Å². The van der Waals surface area contributed by atoms with Gasteiger partial charge in [-0.1, -0.05) is 60.7 Å². The molecule has 1 heterocycles. The minimum Gasteiger partial charge on any atom is -0.493 e. The van der Waals surface area contributed by atoms with Crippen molar-refractivity contribution in [3.05, 3.63) is 125 Å². The fourth-order valence-corrected chi connectivity index (χ4v) is 4.34. The molecule has 0 spiro atoms. The predicted octanol–water partition coefficient (Wildman–Crippen LogP) is 6.43. The topological polar surface area (TPSA) is 99.1 Å². The van der Waals surface area contributed by atoms with Gasteiger partial charge in [0, 0.05) is 10.9 Å². The van der Waals surface area contributed by atoms with E-state index in [1.165, 1.54) is 0 Å². The van der Waals surface area contributed by atoms with Crippen LogP contribution < -0.4 is 14.9 Å². The number of carbonyl (C=O) groups excluding carboxylic acids is 2. The monoisotopic (exact) mass is 559 g/mol. The number of fused-ring (bicyclic) bond motifs is 1. The quantitative estimate of drug-likeness (QED) is 0.120. The molecule has 8 heteroatoms. The first-order valence-corrected chi connectivity index (χ1v) is 13.4. The lowest BCUT2D eigenvalue weighted by Crippen LogP contribution is -2.18. The Morgan fingerprint density at radius 3 is 2.40 bits per heavy atom. The molecule has 1 N–H and O–H groups in total. The number of methoxy groups -OCH3 is 1. The van der Waals surface area contributed by atoms with E-state index in [0.29, 0.717) is 40.5 Å². The van der Waals surface area contributed by atoms with Crippen molar-refractivity contribution in [1.29, 1.82) is 0 Å². The zero-order chi connectivity index (χ0) is 29.3. The molecule has 5 aromatic rings. The first-order valence-electron chi connectivity index (χ1n) is 13.4. The number of para-hydroxylation sites is 1. The van der Waals surface area contributed by atoms with Crippen molar-refractivity contribution >= 4 is 29.0 Å². The van der Waals surface area contributed by atoms with Crippen molar-refractivity contribution in [2.24, 2.45) is 5.10 Å². The van der Waals surface area contributed by atoms with Crippen LogP contribution in [0.1, 0.15) is 38.8 Å². The summed E-state index contributed by atoms with van der Waals surface area (Å²) in [5, 5.41) is 4.92. The van der Waals surface area contributed by atoms with Gasteiger partial charge in [0.05, 0.1) is 42.3 Å². The molecule has 1 aromatic heterocycles. The Balaban J connectivity index is 1.26. The van der Waals surface area contributed by atoms with Crippen LogP contribution in [0.15, 0.2) is 108 Å². The van der Waals surface area contributed by atoms with Crippen LogP contribution in [0.25, 0.3) is 22.2 Å². The number of aromatic nitrogens is 1. The van der Waals surface area contributed by atoms with Gasteiger partial charge in [0.2, 0.25) is 0 Å². The highest BCUT2D eigenvalue weighted by atomic mass is 16.5. The largest absolute Gasteiger partial charge is 0.493 e. The lowest BCUT2D eigenvalue weighted by atomic mass is 10.0. The van der Waals surface area contributed by atoms with E-state index in [9.17, 15) is 9.59 Å². The van der Waals surface area contributed by atoms with Crippen molar-refractivity contribution in [3.63, 3.8) is 0 Å². The molecule has 0 radical (unpaired) electrons. The van der Waals surface area contributed by atoms with Crippen LogP contribution in [-0.4, -0.2) is 36.8 Å². The van der Waals surface area contributed by atoms with Gasteiger partial charge in [-0.2, -0.15) is 5.10 Å². The number of hydrogen-bond donors (Lipinski definition) is 1. The Morgan fingerprint density at radius 1 is 0.881 bits per heavy atom. The summed E-state index contributed by atoms with van der Waals surface area (Å²) in [6.07, 6.45) is 1.54. The second kappa shape index (κ2) is 13.2. The molecule has 0 bridgehead atoms. The Kier molecular flexibility index (Phi) is 8.84. The average molecular weight is 560 g/mol. The third-order valence-corrected chi connectivity index (χ3v) is 6.46. The molecule has 1 amide bonds. The Hall–Kier alpha value is -5.50. The highest BCUT2D eigenvalue weighted by Gasteiger charge is 2.14. The van der Waals surface area contributed by atoms with Gasteiger partial charge in [-0.15, -0.1) is 0 Å². The maximum absolute atomic E-state index is 13.2. The number of rotatable bonds is 10. The minimum atomic E-state index is -0.355. The Labute approximate surface area is 243 Å². The number of esters is 1. The Morgan fingerprint density at radius 2 is 1.64 bits per heavy atom. The second-order valence-corrected chi connectivity index (χ2v) is 9.25. The number of ether oxygens (including phenoxy) is 3. The summed E-state index contributed by atoms with van der Waals surface area (Å²) in [6.45, 7) is 2.38. The van der Waals surface area contributed by atoms with Crippen LogP contribution in [-0.2, 0) is 11.3 Å². The van der Waals surface area contributed by atoms with Gasteiger partial charge in [0.1, 0.15) is 6.61 Å². The molecule has 5 rings (SSSR count). The van der Waals surface area contributed by atoms with E-state index < -0.39 is 0 Å². The molecular weight excluding hydrogens is 530 g/mol. The summed E-state index contributed by atoms with van der Waals surface area (Å²) in [7, 11) is 1.55. The predicted molar refractivity (Wildman–Crippen MR) is 162 cm³/mol. The molecule has 0 aliphatic heterocycles. The standard InChI is InChI=1S/C34H29N3O5/c1-3-41-34(39)26-16-13-23(14-17-26)22-42-31-18-15-24(19-32(31)40-2)21-35-37-33(38)28-20-30(25-9-5-4-6-10-25)36-29-12-8-7-11-27(28)29/h4-21H,3,22H2,1-2H3,(H,37,38)/b35-21-. The smallest absolute Gasteiger partial charge is 0.338 e. The lowest BCUT2D eigenvalue weighted by molar-refractivity contribution is 0.0526. The van der Waals surface area contributed by atoms with Crippen molar-refractivity contribution in [2.75, 3.05) is 13.7 Å². The molecule has 0 fully saturated rings. The molecule has 0 aliphatic rings. The van der Waals surface area contributed by atoms with Crippen LogP contribution >= 0.6 is 0 Å². The molecule has 0 saturated carbocycles. The second-order valence-electron chi connectivity index (χ2n) is 9.25. The van der Waals surface area contributed by atoms with Gasteiger partial charge < -0.3 is 14.2 Å². The third-order valence-electron chi connectivity index (χ3n) is 6.46. The van der Waals surface area contributed by atoms with Gasteiger partial charge >= 0.3 is 5.97 Å². The van der Waals surface area contributed by atoms with Crippen LogP contribution in [0.2, 0.25) is 0 Å². The third kappa shape index (κ3) is 6.62. The summed E-state index contributed by atoms with van der Waals surface area (Å²) in [6, 6.07) is 31.4. The van der Waals surface area contributed by atoms with E-state index in [1.807, 2.05) is 72.8 Å². The molecular formula is C34H29N3O5. The lowest BCUT2D eigenvalue weighted by Gasteiger charge is -2.12. The molecule has 0 atom stereocenters. The van der Waals surface area contributed by atoms with E-state index >= 15 is 0 Å². The summed E-state index contributed by atoms with van der Waals surface area (Å²) in [5.41, 5.74) is 7.55. The first kappa shape index (κ1) is 28.0. The summed E-state index contributed by atoms with van der Waals surface area (Å²) < 4.78 is 16.5. The highest BCUT2D eigenvalue weighted by molar-refractivity contribution is 6.07. The molecule has 42 heavy (non-hydrogen) atoms. The molecule has 0 saturated heterocycles. The zero-order valence-corrected chi connectivity index (χ0v) is 23.2. The first-order chi connectivity index (χ1) is 20.6. The maximum atomic E-state index is 13.2. The van der Waals surface area contributed by atoms with Crippen molar-refractivity contribution in [3.8, 4) is 22.8 Å². The fourth-order valence-electron chi connectivity index (χ4n) is 4.34. The zero-order valence-electron chi connectivity index (χ0n) is 23.2. The van der Waals surface area contributed by atoms with Crippen molar-refractivity contribution in [2.45, 2.75) is 13.5 Å². The normalized spacial score (nSPS) is 10.9. The Bertz CT molecular complexity index is 1730. The van der Waals surface area contributed by atoms with Crippen LogP contribution in [0, 0.1) is 0 Å². The van der Waals surface area contributed by atoms with Gasteiger partial charge in [-0.05, 0) is 60.5 Å². The number of hydrogen-bond acceptors (Lipinski definition) is 7. The van der Waals surface area contributed by atoms with Crippen LogP contribution in [0.3, 0.4) is 0 Å². The highest BCUT2D eigenvalue weighted by Crippen LogP contribution is 2.29. The number of nitrogens with zero attached hydrogens (tertiary/aromatic N) is 2. The SMILES string of the molecule is CCOC(=O)c1ccc(COc2ccc(/C=N\NC(=O)c3cc(-c4ccccc4)nc4ccccc34)cc2OC)cc1. The summed E-state index contributed by atoms with van der Waals surface area (Å²) >= 11 is 0. The number of hydrazone groups is 1. The number of amides is 1. The van der Waals surface area contributed by atoms with Gasteiger partial charge in [0.15, 0.2) is 11.5 Å². The molecule has 8 nitrogen and oxygen atoms in total. The van der Waals surface area contributed by atoms with Crippen LogP contribution in [0.4, 0.5) is 0 Å². The van der Waals surface area contributed by atoms with E-state index in [1.54, 1.807) is 50.6 Å². The molecule has 4 aromatic carbocycles. The van der Waals surface area contributed by atoms with Gasteiger partial charge in [-0.3, -0.25) is 4.79 Å². The fraction of sp³-hybridized carbons (Fsp3) is 0.118. The molecule has 0 aliphatic carbocycles. The van der Waals surface area contributed by atoms with E-state index in [-0.39, 0.29) is 18.5 Å². The minimum absolute atomic E-state index is 0.286. The van der Waals surface area contributed by atoms with Crippen LogP contribution in [0.5, 0.6) is 11.5 Å². The summed E-state index contributed by atoms with van der Waals surface area (Å²) in [4.78, 5) is 29.8. The van der Waals surface area contributed by atoms with Crippen molar-refractivity contribution in [1.82, 2.24) is 10.4 Å². The maximum Gasteiger partial charge on any atom is 0.338 e. The molecule has 0 unspecified atom stereocenters. The molecule has 210 valence electrons. The number of pyridine rings is 1. The van der Waals surface area contributed by atoms with E-state index in [2.05, 4.69) is 10.5 Å². The number of nitrogens with one attached hydrogen (secondary N) is 1. The van der Waals surface area contributed by atoms with Crippen molar-refractivity contribution < 1.29 is 23.8 Å².